The first-order valence-corrected chi connectivity index (χ1v) is 7.97. The van der Waals surface area contributed by atoms with Gasteiger partial charge in [-0.05, 0) is 25.0 Å². The zero-order valence-electron chi connectivity index (χ0n) is 12.4. The number of nitrogens with one attached hydrogen (secondary N) is 3. The Bertz CT molecular complexity index is 610. The summed E-state index contributed by atoms with van der Waals surface area (Å²) >= 11 is 0. The molecule has 22 heavy (non-hydrogen) atoms. The highest BCUT2D eigenvalue weighted by Crippen LogP contribution is 2.47. The van der Waals surface area contributed by atoms with Gasteiger partial charge in [-0.3, -0.25) is 0 Å². The normalized spacial score (nSPS) is 23.2. The number of halogens is 1. The minimum Gasteiger partial charge on any atom is -0.487 e. The maximum absolute atomic E-state index is 14.3. The molecule has 3 aliphatic rings. The number of hydrogen-bond donors (Lipinski definition) is 3. The Morgan fingerprint density at radius 1 is 1.18 bits per heavy atom. The molecule has 3 N–H and O–H groups in total. The third-order valence-electron chi connectivity index (χ3n) is 4.93. The Morgan fingerprint density at radius 2 is 1.95 bits per heavy atom. The molecule has 1 aromatic carbocycles. The van der Waals surface area contributed by atoms with Crippen molar-refractivity contribution in [1.82, 2.24) is 10.6 Å². The molecule has 118 valence electrons. The van der Waals surface area contributed by atoms with Crippen LogP contribution in [0.2, 0.25) is 0 Å². The van der Waals surface area contributed by atoms with Crippen LogP contribution in [0.1, 0.15) is 37.7 Å². The van der Waals surface area contributed by atoms with Crippen molar-refractivity contribution < 1.29 is 13.9 Å². The number of benzene rings is 1. The van der Waals surface area contributed by atoms with Crippen LogP contribution < -0.4 is 20.7 Å². The lowest BCUT2D eigenvalue weighted by molar-refractivity contribution is 0.133. The summed E-state index contributed by atoms with van der Waals surface area (Å²) in [6.45, 7) is 1.61. The fourth-order valence-corrected chi connectivity index (χ4v) is 3.73. The van der Waals surface area contributed by atoms with Crippen molar-refractivity contribution in [2.45, 2.75) is 43.7 Å². The summed E-state index contributed by atoms with van der Waals surface area (Å²) in [5.74, 6) is 0.297. The van der Waals surface area contributed by atoms with Gasteiger partial charge >= 0.3 is 6.03 Å². The molecule has 2 heterocycles. The highest BCUT2D eigenvalue weighted by atomic mass is 19.1. The van der Waals surface area contributed by atoms with E-state index in [2.05, 4.69) is 16.0 Å². The quantitative estimate of drug-likeness (QED) is 0.786. The summed E-state index contributed by atoms with van der Waals surface area (Å²) in [5.41, 5.74) is 0.582. The maximum Gasteiger partial charge on any atom is 0.320 e. The van der Waals surface area contributed by atoms with E-state index in [1.54, 1.807) is 6.07 Å². The standard InChI is InChI=1S/C16H20FN3O2/c17-11-4-5-12(22-10-8-18-9-10)13-14(11)19-15(21)20-16(13)6-2-1-3-7-16/h4-5,10,18H,1-3,6-9H2,(H2,19,20,21). The van der Waals surface area contributed by atoms with Gasteiger partial charge in [0.1, 0.15) is 17.7 Å². The van der Waals surface area contributed by atoms with E-state index in [4.69, 9.17) is 4.74 Å². The average molecular weight is 305 g/mol. The lowest BCUT2D eigenvalue weighted by Gasteiger charge is -2.44. The summed E-state index contributed by atoms with van der Waals surface area (Å²) in [6, 6.07) is 2.75. The van der Waals surface area contributed by atoms with E-state index in [0.717, 1.165) is 50.8 Å². The molecule has 2 fully saturated rings. The molecule has 2 amide bonds. The van der Waals surface area contributed by atoms with E-state index in [-0.39, 0.29) is 17.8 Å². The van der Waals surface area contributed by atoms with Gasteiger partial charge in [0.2, 0.25) is 0 Å². The number of amides is 2. The van der Waals surface area contributed by atoms with Gasteiger partial charge in [0, 0.05) is 18.7 Å². The Hall–Kier alpha value is -1.82. The third-order valence-corrected chi connectivity index (χ3v) is 4.93. The molecule has 0 aromatic heterocycles. The van der Waals surface area contributed by atoms with E-state index in [9.17, 15) is 9.18 Å². The summed E-state index contributed by atoms with van der Waals surface area (Å²) in [7, 11) is 0. The van der Waals surface area contributed by atoms with Crippen LogP contribution in [0.3, 0.4) is 0 Å². The topological polar surface area (TPSA) is 62.4 Å². The van der Waals surface area contributed by atoms with E-state index >= 15 is 0 Å². The molecular weight excluding hydrogens is 285 g/mol. The fourth-order valence-electron chi connectivity index (χ4n) is 3.73. The van der Waals surface area contributed by atoms with Crippen LogP contribution in [0.5, 0.6) is 5.75 Å². The summed E-state index contributed by atoms with van der Waals surface area (Å²) in [6.07, 6.45) is 4.99. The van der Waals surface area contributed by atoms with Crippen LogP contribution in [0, 0.1) is 5.82 Å². The number of urea groups is 1. The highest BCUT2D eigenvalue weighted by molar-refractivity contribution is 5.94. The molecule has 5 nitrogen and oxygen atoms in total. The van der Waals surface area contributed by atoms with Crippen molar-refractivity contribution in [2.75, 3.05) is 18.4 Å². The van der Waals surface area contributed by atoms with Crippen molar-refractivity contribution >= 4 is 11.7 Å². The molecule has 1 aliphatic carbocycles. The molecule has 2 aliphatic heterocycles. The van der Waals surface area contributed by atoms with Crippen LogP contribution in [-0.4, -0.2) is 25.2 Å². The van der Waals surface area contributed by atoms with E-state index < -0.39 is 11.4 Å². The predicted molar refractivity (Wildman–Crippen MR) is 80.6 cm³/mol. The van der Waals surface area contributed by atoms with Crippen molar-refractivity contribution in [2.24, 2.45) is 0 Å². The van der Waals surface area contributed by atoms with Crippen LogP contribution in [0.15, 0.2) is 12.1 Å². The second kappa shape index (κ2) is 5.12. The zero-order chi connectivity index (χ0) is 15.2. The summed E-state index contributed by atoms with van der Waals surface area (Å²) in [5, 5.41) is 8.85. The number of carbonyl (C=O) groups is 1. The molecule has 1 aromatic rings. The van der Waals surface area contributed by atoms with Crippen LogP contribution >= 0.6 is 0 Å². The SMILES string of the molecule is O=C1Nc2c(F)ccc(OC3CNC3)c2C2(CCCCC2)N1. The number of hydrogen-bond acceptors (Lipinski definition) is 3. The van der Waals surface area contributed by atoms with Gasteiger partial charge in [0.25, 0.3) is 0 Å². The zero-order valence-corrected chi connectivity index (χ0v) is 12.4. The van der Waals surface area contributed by atoms with Crippen LogP contribution in [0.4, 0.5) is 14.9 Å². The Morgan fingerprint density at radius 3 is 2.64 bits per heavy atom. The Labute approximate surface area is 128 Å². The van der Waals surface area contributed by atoms with Gasteiger partial charge in [-0.25, -0.2) is 9.18 Å². The first kappa shape index (κ1) is 13.8. The van der Waals surface area contributed by atoms with E-state index in [1.165, 1.54) is 6.07 Å². The molecule has 0 atom stereocenters. The second-order valence-electron chi connectivity index (χ2n) is 6.42. The molecule has 1 saturated heterocycles. The average Bonchev–Trinajstić information content (AvgIpc) is 2.46. The van der Waals surface area contributed by atoms with Gasteiger partial charge < -0.3 is 20.7 Å². The number of anilines is 1. The number of fused-ring (bicyclic) bond motifs is 2. The van der Waals surface area contributed by atoms with Gasteiger partial charge in [-0.1, -0.05) is 19.3 Å². The van der Waals surface area contributed by atoms with Crippen molar-refractivity contribution in [3.8, 4) is 5.75 Å². The van der Waals surface area contributed by atoms with Gasteiger partial charge in [-0.15, -0.1) is 0 Å². The Balaban J connectivity index is 1.81. The monoisotopic (exact) mass is 305 g/mol. The molecule has 0 unspecified atom stereocenters. The van der Waals surface area contributed by atoms with Crippen LogP contribution in [-0.2, 0) is 5.54 Å². The number of ether oxygens (including phenoxy) is 1. The van der Waals surface area contributed by atoms with Gasteiger partial charge in [0.05, 0.1) is 11.2 Å². The minimum atomic E-state index is -0.496. The molecule has 0 bridgehead atoms. The molecule has 6 heteroatoms. The highest BCUT2D eigenvalue weighted by Gasteiger charge is 2.44. The summed E-state index contributed by atoms with van der Waals surface area (Å²) < 4.78 is 20.3. The lowest BCUT2D eigenvalue weighted by Crippen LogP contribution is -2.54. The summed E-state index contributed by atoms with van der Waals surface area (Å²) in [4.78, 5) is 12.0. The van der Waals surface area contributed by atoms with Crippen molar-refractivity contribution in [3.63, 3.8) is 0 Å². The van der Waals surface area contributed by atoms with Crippen LogP contribution in [0.25, 0.3) is 0 Å². The lowest BCUT2D eigenvalue weighted by atomic mass is 9.74. The fraction of sp³-hybridized carbons (Fsp3) is 0.562. The molecule has 1 saturated carbocycles. The smallest absolute Gasteiger partial charge is 0.320 e. The Kier molecular flexibility index (Phi) is 3.22. The predicted octanol–water partition coefficient (Wildman–Crippen LogP) is 2.47. The number of rotatable bonds is 2. The molecule has 0 radical (unpaired) electrons. The molecular formula is C16H20FN3O2. The van der Waals surface area contributed by atoms with Crippen molar-refractivity contribution in [3.05, 3.63) is 23.5 Å². The maximum atomic E-state index is 14.3. The van der Waals surface area contributed by atoms with Crippen molar-refractivity contribution in [1.29, 1.82) is 0 Å². The van der Waals surface area contributed by atoms with E-state index in [0.29, 0.717) is 5.75 Å². The largest absolute Gasteiger partial charge is 0.487 e. The first-order valence-electron chi connectivity index (χ1n) is 7.97. The van der Waals surface area contributed by atoms with Gasteiger partial charge in [0.15, 0.2) is 0 Å². The molecule has 4 rings (SSSR count). The second-order valence-corrected chi connectivity index (χ2v) is 6.42. The minimum absolute atomic E-state index is 0.118. The molecule has 1 spiro atoms. The van der Waals surface area contributed by atoms with E-state index in [1.807, 2.05) is 0 Å². The third kappa shape index (κ3) is 2.13. The van der Waals surface area contributed by atoms with Gasteiger partial charge in [-0.2, -0.15) is 0 Å². The number of carbonyl (C=O) groups excluding carboxylic acids is 1. The first-order chi connectivity index (χ1) is 10.7.